The Labute approximate surface area is 94.6 Å². The summed E-state index contributed by atoms with van der Waals surface area (Å²) < 4.78 is 1.78. The number of hydrogen-bond donors (Lipinski definition) is 0. The van der Waals surface area contributed by atoms with Gasteiger partial charge in [-0.1, -0.05) is 0 Å². The lowest BCUT2D eigenvalue weighted by molar-refractivity contribution is 0.112. The minimum atomic E-state index is 0.723. The van der Waals surface area contributed by atoms with Crippen molar-refractivity contribution >= 4 is 18.0 Å². The molecule has 1 rings (SSSR count). The van der Waals surface area contributed by atoms with E-state index in [1.54, 1.807) is 16.4 Å². The predicted octanol–water partition coefficient (Wildman–Crippen LogP) is 1.19. The van der Waals surface area contributed by atoms with Gasteiger partial charge in [0.05, 0.1) is 11.3 Å². The summed E-state index contributed by atoms with van der Waals surface area (Å²) in [5, 5.41) is 5.19. The maximum atomic E-state index is 10.9. The minimum Gasteiger partial charge on any atom is -0.309 e. The highest BCUT2D eigenvalue weighted by molar-refractivity contribution is 7.99. The maximum absolute atomic E-state index is 10.9. The molecule has 0 saturated heterocycles. The van der Waals surface area contributed by atoms with Gasteiger partial charge in [0.15, 0.2) is 6.29 Å². The molecule has 0 atom stereocenters. The van der Waals surface area contributed by atoms with E-state index in [-0.39, 0.29) is 0 Å². The number of hydrogen-bond acceptors (Lipinski definition) is 4. The molecule has 15 heavy (non-hydrogen) atoms. The monoisotopic (exact) mass is 227 g/mol. The van der Waals surface area contributed by atoms with Crippen LogP contribution in [0.2, 0.25) is 0 Å². The summed E-state index contributed by atoms with van der Waals surface area (Å²) in [6.45, 7) is 2.85. The maximum Gasteiger partial charge on any atom is 0.154 e. The van der Waals surface area contributed by atoms with Crippen LogP contribution in [-0.2, 0) is 7.05 Å². The summed E-state index contributed by atoms with van der Waals surface area (Å²) in [7, 11) is 5.95. The van der Waals surface area contributed by atoms with E-state index in [4.69, 9.17) is 0 Å². The lowest BCUT2D eigenvalue weighted by atomic mass is 10.3. The number of aromatic nitrogens is 2. The van der Waals surface area contributed by atoms with Crippen LogP contribution < -0.4 is 0 Å². The zero-order chi connectivity index (χ0) is 11.4. The topological polar surface area (TPSA) is 38.1 Å². The highest BCUT2D eigenvalue weighted by atomic mass is 32.2. The standard InChI is InChI=1S/C10H17N3OS/c1-8-9(7-14)10(13(4)11-8)15-6-5-12(2)3/h7H,5-6H2,1-4H3. The summed E-state index contributed by atoms with van der Waals surface area (Å²) in [6, 6.07) is 0. The smallest absolute Gasteiger partial charge is 0.154 e. The molecule has 0 N–H and O–H groups in total. The molecule has 0 radical (unpaired) electrons. The van der Waals surface area contributed by atoms with E-state index in [1.807, 2.05) is 28.1 Å². The van der Waals surface area contributed by atoms with Crippen LogP contribution in [0, 0.1) is 6.92 Å². The van der Waals surface area contributed by atoms with E-state index >= 15 is 0 Å². The van der Waals surface area contributed by atoms with Gasteiger partial charge in [-0.2, -0.15) is 5.10 Å². The van der Waals surface area contributed by atoms with E-state index in [0.29, 0.717) is 0 Å². The number of thioether (sulfide) groups is 1. The first-order valence-electron chi connectivity index (χ1n) is 4.82. The molecule has 0 bridgehead atoms. The molecular weight excluding hydrogens is 210 g/mol. The first-order chi connectivity index (χ1) is 7.06. The van der Waals surface area contributed by atoms with Crippen LogP contribution >= 0.6 is 11.8 Å². The molecule has 1 aromatic heterocycles. The van der Waals surface area contributed by atoms with Crippen molar-refractivity contribution in [3.05, 3.63) is 11.3 Å². The number of aryl methyl sites for hydroxylation is 2. The fourth-order valence-corrected chi connectivity index (χ4v) is 2.51. The van der Waals surface area contributed by atoms with Gasteiger partial charge in [-0.15, -0.1) is 11.8 Å². The van der Waals surface area contributed by atoms with Crippen molar-refractivity contribution in [1.82, 2.24) is 14.7 Å². The molecule has 0 saturated carbocycles. The normalized spacial score (nSPS) is 11.0. The Morgan fingerprint density at radius 3 is 2.73 bits per heavy atom. The van der Waals surface area contributed by atoms with E-state index in [0.717, 1.165) is 34.9 Å². The van der Waals surface area contributed by atoms with Gasteiger partial charge in [-0.05, 0) is 21.0 Å². The molecule has 0 fully saturated rings. The van der Waals surface area contributed by atoms with Gasteiger partial charge in [-0.25, -0.2) is 0 Å². The van der Waals surface area contributed by atoms with Crippen LogP contribution in [0.1, 0.15) is 16.1 Å². The van der Waals surface area contributed by atoms with Crippen LogP contribution in [0.4, 0.5) is 0 Å². The Kier molecular flexibility index (Phi) is 4.35. The summed E-state index contributed by atoms with van der Waals surface area (Å²) in [5.41, 5.74) is 1.53. The SMILES string of the molecule is Cc1nn(C)c(SCCN(C)C)c1C=O. The minimum absolute atomic E-state index is 0.723. The van der Waals surface area contributed by atoms with Crippen LogP contribution in [0.3, 0.4) is 0 Å². The average Bonchev–Trinajstić information content (AvgIpc) is 2.41. The lowest BCUT2D eigenvalue weighted by Gasteiger charge is -2.08. The zero-order valence-corrected chi connectivity index (χ0v) is 10.5. The molecule has 0 aromatic carbocycles. The zero-order valence-electron chi connectivity index (χ0n) is 9.65. The Balaban J connectivity index is 2.71. The average molecular weight is 227 g/mol. The van der Waals surface area contributed by atoms with Crippen molar-refractivity contribution in [2.24, 2.45) is 7.05 Å². The van der Waals surface area contributed by atoms with Crippen molar-refractivity contribution in [1.29, 1.82) is 0 Å². The van der Waals surface area contributed by atoms with Crippen molar-refractivity contribution < 1.29 is 4.79 Å². The van der Waals surface area contributed by atoms with E-state index in [2.05, 4.69) is 10.00 Å². The van der Waals surface area contributed by atoms with Gasteiger partial charge in [-0.3, -0.25) is 9.48 Å². The van der Waals surface area contributed by atoms with E-state index in [1.165, 1.54) is 0 Å². The Hall–Kier alpha value is -0.810. The van der Waals surface area contributed by atoms with Gasteiger partial charge in [0.25, 0.3) is 0 Å². The van der Waals surface area contributed by atoms with Crippen molar-refractivity contribution in [2.45, 2.75) is 11.9 Å². The highest BCUT2D eigenvalue weighted by Crippen LogP contribution is 2.23. The summed E-state index contributed by atoms with van der Waals surface area (Å²) in [4.78, 5) is 13.0. The lowest BCUT2D eigenvalue weighted by Crippen LogP contribution is -2.15. The molecule has 0 unspecified atom stereocenters. The molecule has 1 heterocycles. The Morgan fingerprint density at radius 2 is 2.20 bits per heavy atom. The fourth-order valence-electron chi connectivity index (χ4n) is 1.29. The fraction of sp³-hybridized carbons (Fsp3) is 0.600. The molecular formula is C10H17N3OS. The first-order valence-corrected chi connectivity index (χ1v) is 5.81. The molecule has 1 aromatic rings. The number of nitrogens with zero attached hydrogens (tertiary/aromatic N) is 3. The van der Waals surface area contributed by atoms with Gasteiger partial charge in [0.2, 0.25) is 0 Å². The molecule has 0 aliphatic heterocycles. The number of aldehydes is 1. The third kappa shape index (κ3) is 3.07. The number of rotatable bonds is 5. The number of carbonyl (C=O) groups excluding carboxylic acids is 1. The van der Waals surface area contributed by atoms with Crippen LogP contribution in [0.25, 0.3) is 0 Å². The second kappa shape index (κ2) is 5.32. The summed E-state index contributed by atoms with van der Waals surface area (Å²) in [6.07, 6.45) is 0.889. The molecule has 4 nitrogen and oxygen atoms in total. The molecule has 0 amide bonds. The van der Waals surface area contributed by atoms with Gasteiger partial charge < -0.3 is 4.90 Å². The Morgan fingerprint density at radius 1 is 1.53 bits per heavy atom. The van der Waals surface area contributed by atoms with Crippen LogP contribution in [-0.4, -0.2) is 47.4 Å². The van der Waals surface area contributed by atoms with E-state index < -0.39 is 0 Å². The quantitative estimate of drug-likeness (QED) is 0.559. The summed E-state index contributed by atoms with van der Waals surface area (Å²) in [5.74, 6) is 0.965. The van der Waals surface area contributed by atoms with Gasteiger partial charge in [0.1, 0.15) is 5.03 Å². The third-order valence-electron chi connectivity index (χ3n) is 2.11. The van der Waals surface area contributed by atoms with Crippen molar-refractivity contribution in [3.8, 4) is 0 Å². The van der Waals surface area contributed by atoms with Crippen LogP contribution in [0.15, 0.2) is 5.03 Å². The van der Waals surface area contributed by atoms with E-state index in [9.17, 15) is 4.79 Å². The molecule has 0 aliphatic rings. The molecule has 84 valence electrons. The third-order valence-corrected chi connectivity index (χ3v) is 3.25. The second-order valence-electron chi connectivity index (χ2n) is 3.70. The molecule has 0 spiro atoms. The molecule has 0 aliphatic carbocycles. The predicted molar refractivity (Wildman–Crippen MR) is 62.6 cm³/mol. The second-order valence-corrected chi connectivity index (χ2v) is 4.78. The highest BCUT2D eigenvalue weighted by Gasteiger charge is 2.12. The first kappa shape index (κ1) is 12.3. The summed E-state index contributed by atoms with van der Waals surface area (Å²) >= 11 is 1.67. The Bertz CT molecular complexity index is 347. The van der Waals surface area contributed by atoms with Crippen molar-refractivity contribution in [3.63, 3.8) is 0 Å². The van der Waals surface area contributed by atoms with Crippen LogP contribution in [0.5, 0.6) is 0 Å². The molecule has 5 heteroatoms. The van der Waals surface area contributed by atoms with Crippen molar-refractivity contribution in [2.75, 3.05) is 26.4 Å². The van der Waals surface area contributed by atoms with Gasteiger partial charge >= 0.3 is 0 Å². The number of carbonyl (C=O) groups is 1. The largest absolute Gasteiger partial charge is 0.309 e. The van der Waals surface area contributed by atoms with Gasteiger partial charge in [0, 0.05) is 19.3 Å².